The van der Waals surface area contributed by atoms with Gasteiger partial charge >= 0.3 is 0 Å². The Morgan fingerprint density at radius 2 is 1.08 bits per heavy atom. The van der Waals surface area contributed by atoms with Gasteiger partial charge in [-0.05, 0) is 12.1 Å². The highest BCUT2D eigenvalue weighted by Crippen LogP contribution is 2.31. The van der Waals surface area contributed by atoms with Crippen molar-refractivity contribution in [1.82, 2.24) is 19.9 Å². The van der Waals surface area contributed by atoms with E-state index in [1.807, 2.05) is 24.3 Å². The van der Waals surface area contributed by atoms with E-state index in [0.717, 1.165) is 22.9 Å². The predicted molar refractivity (Wildman–Crippen MR) is 87.6 cm³/mol. The lowest BCUT2D eigenvalue weighted by Crippen LogP contribution is -1.95. The Morgan fingerprint density at radius 1 is 0.625 bits per heavy atom. The summed E-state index contributed by atoms with van der Waals surface area (Å²) in [6.07, 6.45) is 3.34. The number of rotatable bonds is 0. The fraction of sp³-hybridized carbons (Fsp3) is 0. The molecule has 0 aliphatic carbocycles. The second kappa shape index (κ2) is 4.61. The second-order valence-corrected chi connectivity index (χ2v) is 5.47. The fourth-order valence-electron chi connectivity index (χ4n) is 3.00. The molecule has 5 rings (SSSR count). The molecule has 0 bridgehead atoms. The first-order valence-corrected chi connectivity index (χ1v) is 7.30. The van der Waals surface area contributed by atoms with Crippen molar-refractivity contribution >= 4 is 43.9 Å². The summed E-state index contributed by atoms with van der Waals surface area (Å²) in [6, 6.07) is 9.64. The molecule has 0 fully saturated rings. The molecule has 0 atom stereocenters. The SMILES string of the molecule is Fc1cc2nc3c4ncccc4c4cccnc4c3nc2cc1F. The van der Waals surface area contributed by atoms with Crippen LogP contribution in [0.1, 0.15) is 0 Å². The first-order chi connectivity index (χ1) is 11.7. The van der Waals surface area contributed by atoms with Crippen LogP contribution in [0.5, 0.6) is 0 Å². The monoisotopic (exact) mass is 318 g/mol. The van der Waals surface area contributed by atoms with Gasteiger partial charge in [0.15, 0.2) is 11.6 Å². The number of pyridine rings is 2. The van der Waals surface area contributed by atoms with Crippen LogP contribution in [-0.2, 0) is 0 Å². The zero-order valence-electron chi connectivity index (χ0n) is 12.2. The van der Waals surface area contributed by atoms with Gasteiger partial charge in [0.05, 0.1) is 22.1 Å². The van der Waals surface area contributed by atoms with Gasteiger partial charge in [-0.1, -0.05) is 12.1 Å². The number of fused-ring (bicyclic) bond motifs is 7. The average Bonchev–Trinajstić information content (AvgIpc) is 2.62. The van der Waals surface area contributed by atoms with Crippen LogP contribution < -0.4 is 0 Å². The average molecular weight is 318 g/mol. The molecule has 0 saturated carbocycles. The van der Waals surface area contributed by atoms with Gasteiger partial charge in [0.25, 0.3) is 0 Å². The Labute approximate surface area is 133 Å². The van der Waals surface area contributed by atoms with Gasteiger partial charge in [-0.2, -0.15) is 0 Å². The molecule has 114 valence electrons. The summed E-state index contributed by atoms with van der Waals surface area (Å²) in [4.78, 5) is 17.8. The van der Waals surface area contributed by atoms with Crippen molar-refractivity contribution in [2.24, 2.45) is 0 Å². The lowest BCUT2D eigenvalue weighted by atomic mass is 10.1. The summed E-state index contributed by atoms with van der Waals surface area (Å²) in [5.74, 6) is -1.90. The first kappa shape index (κ1) is 13.2. The highest BCUT2D eigenvalue weighted by molar-refractivity contribution is 6.21. The third kappa shape index (κ3) is 1.70. The quantitative estimate of drug-likeness (QED) is 0.318. The van der Waals surface area contributed by atoms with Gasteiger partial charge in [-0.3, -0.25) is 9.97 Å². The largest absolute Gasteiger partial charge is 0.254 e. The van der Waals surface area contributed by atoms with Gasteiger partial charge in [0, 0.05) is 35.3 Å². The van der Waals surface area contributed by atoms with Gasteiger partial charge in [-0.25, -0.2) is 18.7 Å². The number of hydrogen-bond donors (Lipinski definition) is 0. The molecule has 0 saturated heterocycles. The Bertz CT molecular complexity index is 1180. The van der Waals surface area contributed by atoms with Crippen molar-refractivity contribution in [3.63, 3.8) is 0 Å². The standard InChI is InChI=1S/C18H8F2N4/c19-11-7-13-14(8-12(11)20)24-18-16-10(4-2-6-22-16)9-3-1-5-21-15(9)17(18)23-13/h1-8H. The minimum Gasteiger partial charge on any atom is -0.254 e. The molecular weight excluding hydrogens is 310 g/mol. The van der Waals surface area contributed by atoms with E-state index in [1.54, 1.807) is 12.4 Å². The van der Waals surface area contributed by atoms with Crippen molar-refractivity contribution in [3.8, 4) is 0 Å². The summed E-state index contributed by atoms with van der Waals surface area (Å²) >= 11 is 0. The molecule has 3 heterocycles. The summed E-state index contributed by atoms with van der Waals surface area (Å²) in [7, 11) is 0. The Kier molecular flexibility index (Phi) is 2.53. The summed E-state index contributed by atoms with van der Waals surface area (Å²) in [5.41, 5.74) is 2.93. The number of aromatic nitrogens is 4. The number of benzene rings is 2. The van der Waals surface area contributed by atoms with Gasteiger partial charge in [-0.15, -0.1) is 0 Å². The zero-order valence-corrected chi connectivity index (χ0v) is 12.2. The van der Waals surface area contributed by atoms with Gasteiger partial charge in [0.2, 0.25) is 0 Å². The van der Waals surface area contributed by atoms with Crippen LogP contribution in [0, 0.1) is 11.6 Å². The van der Waals surface area contributed by atoms with E-state index in [4.69, 9.17) is 0 Å². The molecule has 0 aliphatic heterocycles. The number of nitrogens with zero attached hydrogens (tertiary/aromatic N) is 4. The second-order valence-electron chi connectivity index (χ2n) is 5.47. The molecule has 0 spiro atoms. The van der Waals surface area contributed by atoms with Crippen molar-refractivity contribution in [1.29, 1.82) is 0 Å². The number of halogens is 2. The lowest BCUT2D eigenvalue weighted by molar-refractivity contribution is 0.510. The molecule has 6 heteroatoms. The normalized spacial score (nSPS) is 11.8. The molecule has 0 radical (unpaired) electrons. The van der Waals surface area contributed by atoms with Crippen LogP contribution in [0.15, 0.2) is 48.8 Å². The van der Waals surface area contributed by atoms with E-state index in [2.05, 4.69) is 19.9 Å². The predicted octanol–water partition coefficient (Wildman–Crippen LogP) is 4.16. The maximum absolute atomic E-state index is 13.5. The maximum Gasteiger partial charge on any atom is 0.161 e. The van der Waals surface area contributed by atoms with Crippen molar-refractivity contribution < 1.29 is 8.78 Å². The Morgan fingerprint density at radius 3 is 1.54 bits per heavy atom. The molecule has 0 N–H and O–H groups in total. The molecular formula is C18H8F2N4. The van der Waals surface area contributed by atoms with E-state index < -0.39 is 11.6 Å². The van der Waals surface area contributed by atoms with Crippen LogP contribution in [0.3, 0.4) is 0 Å². The van der Waals surface area contributed by atoms with E-state index >= 15 is 0 Å². The number of hydrogen-bond acceptors (Lipinski definition) is 4. The smallest absolute Gasteiger partial charge is 0.161 e. The zero-order chi connectivity index (χ0) is 16.3. The summed E-state index contributed by atoms with van der Waals surface area (Å²) in [6.45, 7) is 0. The highest BCUT2D eigenvalue weighted by atomic mass is 19.2. The van der Waals surface area contributed by atoms with Crippen molar-refractivity contribution in [3.05, 3.63) is 60.4 Å². The van der Waals surface area contributed by atoms with Gasteiger partial charge in [0.1, 0.15) is 11.0 Å². The van der Waals surface area contributed by atoms with Gasteiger partial charge < -0.3 is 0 Å². The molecule has 0 aliphatic rings. The van der Waals surface area contributed by atoms with E-state index in [-0.39, 0.29) is 11.0 Å². The molecule has 5 aromatic rings. The molecule has 4 nitrogen and oxygen atoms in total. The maximum atomic E-state index is 13.5. The minimum absolute atomic E-state index is 0.281. The van der Waals surface area contributed by atoms with E-state index in [0.29, 0.717) is 22.1 Å². The van der Waals surface area contributed by atoms with Crippen LogP contribution in [0.4, 0.5) is 8.78 Å². The van der Waals surface area contributed by atoms with Crippen LogP contribution in [0.25, 0.3) is 43.9 Å². The molecule has 24 heavy (non-hydrogen) atoms. The Balaban J connectivity index is 2.11. The fourth-order valence-corrected chi connectivity index (χ4v) is 3.00. The molecule has 2 aromatic carbocycles. The summed E-state index contributed by atoms with van der Waals surface area (Å²) in [5, 5.41) is 1.79. The molecule has 0 amide bonds. The third-order valence-corrected chi connectivity index (χ3v) is 4.06. The Hall–Kier alpha value is -3.28. The van der Waals surface area contributed by atoms with Crippen LogP contribution in [0.2, 0.25) is 0 Å². The molecule has 3 aromatic heterocycles. The topological polar surface area (TPSA) is 51.6 Å². The van der Waals surface area contributed by atoms with Crippen molar-refractivity contribution in [2.45, 2.75) is 0 Å². The lowest BCUT2D eigenvalue weighted by Gasteiger charge is -2.08. The van der Waals surface area contributed by atoms with Crippen LogP contribution in [-0.4, -0.2) is 19.9 Å². The minimum atomic E-state index is -0.952. The summed E-state index contributed by atoms with van der Waals surface area (Å²) < 4.78 is 27.1. The molecule has 0 unspecified atom stereocenters. The van der Waals surface area contributed by atoms with Crippen molar-refractivity contribution in [2.75, 3.05) is 0 Å². The van der Waals surface area contributed by atoms with Crippen LogP contribution >= 0.6 is 0 Å². The van der Waals surface area contributed by atoms with E-state index in [9.17, 15) is 8.78 Å². The first-order valence-electron chi connectivity index (χ1n) is 7.30. The third-order valence-electron chi connectivity index (χ3n) is 4.06. The highest BCUT2D eigenvalue weighted by Gasteiger charge is 2.15. The van der Waals surface area contributed by atoms with E-state index in [1.165, 1.54) is 0 Å².